The molecule has 1 aromatic carbocycles. The van der Waals surface area contributed by atoms with Gasteiger partial charge in [0.25, 0.3) is 11.8 Å². The molecule has 0 unspecified atom stereocenters. The molecule has 1 saturated heterocycles. The summed E-state index contributed by atoms with van der Waals surface area (Å²) in [6.45, 7) is 4.25. The smallest absolute Gasteiger partial charge is 0.262 e. The van der Waals surface area contributed by atoms with Gasteiger partial charge in [-0.25, -0.2) is 0 Å². The Morgan fingerprint density at radius 1 is 1.12 bits per heavy atom. The molecule has 0 spiro atoms. The second-order valence-electron chi connectivity index (χ2n) is 6.01. The largest absolute Gasteiger partial charge is 0.379 e. The molecular formula is C17H21N3O4. The van der Waals surface area contributed by atoms with Crippen molar-refractivity contribution >= 4 is 17.7 Å². The van der Waals surface area contributed by atoms with Crippen LogP contribution in [0.5, 0.6) is 0 Å². The number of carbonyl (C=O) groups excluding carboxylic acids is 3. The molecule has 0 aliphatic carbocycles. The first-order valence-electron chi connectivity index (χ1n) is 8.07. The standard InChI is InChI=1S/C17H21N3O4/c1-18(6-7-19-8-10-24-11-9-19)15(21)12-20-16(22)13-4-2-3-5-14(13)17(20)23/h2-5H,6-12H2,1H3. The normalized spacial score (nSPS) is 18.0. The van der Waals surface area contributed by atoms with Gasteiger partial charge < -0.3 is 9.64 Å². The van der Waals surface area contributed by atoms with Crippen molar-refractivity contribution < 1.29 is 19.1 Å². The number of fused-ring (bicyclic) bond motifs is 1. The van der Waals surface area contributed by atoms with Crippen LogP contribution in [0.15, 0.2) is 24.3 Å². The van der Waals surface area contributed by atoms with Crippen molar-refractivity contribution in [2.75, 3.05) is 53.0 Å². The van der Waals surface area contributed by atoms with Crippen molar-refractivity contribution in [1.82, 2.24) is 14.7 Å². The number of hydrogen-bond donors (Lipinski definition) is 0. The molecule has 24 heavy (non-hydrogen) atoms. The van der Waals surface area contributed by atoms with E-state index in [4.69, 9.17) is 4.74 Å². The summed E-state index contributed by atoms with van der Waals surface area (Å²) in [6.07, 6.45) is 0. The van der Waals surface area contributed by atoms with Crippen molar-refractivity contribution in [1.29, 1.82) is 0 Å². The lowest BCUT2D eigenvalue weighted by molar-refractivity contribution is -0.130. The summed E-state index contributed by atoms with van der Waals surface area (Å²) in [5.41, 5.74) is 0.734. The van der Waals surface area contributed by atoms with E-state index in [1.165, 1.54) is 0 Å². The first-order valence-corrected chi connectivity index (χ1v) is 8.07. The van der Waals surface area contributed by atoms with Crippen molar-refractivity contribution in [2.45, 2.75) is 0 Å². The molecule has 3 amide bonds. The number of hydrogen-bond acceptors (Lipinski definition) is 5. The van der Waals surface area contributed by atoms with Gasteiger partial charge in [-0.05, 0) is 12.1 Å². The summed E-state index contributed by atoms with van der Waals surface area (Å²) >= 11 is 0. The minimum atomic E-state index is -0.398. The maximum Gasteiger partial charge on any atom is 0.262 e. The monoisotopic (exact) mass is 331 g/mol. The van der Waals surface area contributed by atoms with Crippen LogP contribution in [0.25, 0.3) is 0 Å². The minimum absolute atomic E-state index is 0.216. The molecule has 2 heterocycles. The number of benzene rings is 1. The molecule has 0 bridgehead atoms. The van der Waals surface area contributed by atoms with E-state index in [-0.39, 0.29) is 12.5 Å². The second-order valence-corrected chi connectivity index (χ2v) is 6.01. The fraction of sp³-hybridized carbons (Fsp3) is 0.471. The van der Waals surface area contributed by atoms with Gasteiger partial charge in [0, 0.05) is 33.2 Å². The third kappa shape index (κ3) is 3.32. The highest BCUT2D eigenvalue weighted by Crippen LogP contribution is 2.22. The lowest BCUT2D eigenvalue weighted by Crippen LogP contribution is -2.45. The number of carbonyl (C=O) groups is 3. The number of amides is 3. The van der Waals surface area contributed by atoms with E-state index >= 15 is 0 Å². The third-order valence-electron chi connectivity index (χ3n) is 4.45. The molecule has 1 fully saturated rings. The predicted octanol–water partition coefficient (Wildman–Crippen LogP) is 0.0732. The highest BCUT2D eigenvalue weighted by Gasteiger charge is 2.36. The molecule has 7 heteroatoms. The molecule has 2 aliphatic rings. The Balaban J connectivity index is 1.55. The molecule has 0 saturated carbocycles. The van der Waals surface area contributed by atoms with E-state index in [9.17, 15) is 14.4 Å². The maximum atomic E-state index is 12.4. The number of imide groups is 1. The maximum absolute atomic E-state index is 12.4. The lowest BCUT2D eigenvalue weighted by Gasteiger charge is -2.29. The average Bonchev–Trinajstić information content (AvgIpc) is 2.86. The van der Waals surface area contributed by atoms with Crippen LogP contribution < -0.4 is 0 Å². The van der Waals surface area contributed by atoms with E-state index in [0.29, 0.717) is 30.9 Å². The number of rotatable bonds is 5. The SMILES string of the molecule is CN(CCN1CCOCC1)C(=O)CN1C(=O)c2ccccc2C1=O. The molecule has 0 atom stereocenters. The van der Waals surface area contributed by atoms with Gasteiger partial charge in [-0.15, -0.1) is 0 Å². The lowest BCUT2D eigenvalue weighted by atomic mass is 10.1. The van der Waals surface area contributed by atoms with Crippen LogP contribution in [0.4, 0.5) is 0 Å². The van der Waals surface area contributed by atoms with Crippen LogP contribution >= 0.6 is 0 Å². The molecule has 0 radical (unpaired) electrons. The average molecular weight is 331 g/mol. The highest BCUT2D eigenvalue weighted by atomic mass is 16.5. The molecule has 2 aliphatic heterocycles. The molecule has 3 rings (SSSR count). The van der Waals surface area contributed by atoms with Gasteiger partial charge in [-0.2, -0.15) is 0 Å². The molecule has 7 nitrogen and oxygen atoms in total. The minimum Gasteiger partial charge on any atom is -0.379 e. The van der Waals surface area contributed by atoms with Crippen LogP contribution in [-0.4, -0.2) is 85.4 Å². The Morgan fingerprint density at radius 2 is 1.71 bits per heavy atom. The van der Waals surface area contributed by atoms with E-state index < -0.39 is 11.8 Å². The van der Waals surface area contributed by atoms with Crippen molar-refractivity contribution in [3.63, 3.8) is 0 Å². The van der Waals surface area contributed by atoms with Crippen LogP contribution in [0.2, 0.25) is 0 Å². The third-order valence-corrected chi connectivity index (χ3v) is 4.45. The summed E-state index contributed by atoms with van der Waals surface area (Å²) in [5, 5.41) is 0. The Morgan fingerprint density at radius 3 is 2.29 bits per heavy atom. The Kier molecular flexibility index (Phi) is 4.92. The van der Waals surface area contributed by atoms with Gasteiger partial charge in [0.05, 0.1) is 24.3 Å². The van der Waals surface area contributed by atoms with Crippen molar-refractivity contribution in [3.8, 4) is 0 Å². The van der Waals surface area contributed by atoms with Gasteiger partial charge in [0.15, 0.2) is 0 Å². The second kappa shape index (κ2) is 7.11. The number of morpholine rings is 1. The Labute approximate surface area is 140 Å². The van der Waals surface area contributed by atoms with E-state index in [1.54, 1.807) is 36.2 Å². The summed E-state index contributed by atoms with van der Waals surface area (Å²) < 4.78 is 5.29. The highest BCUT2D eigenvalue weighted by molar-refractivity contribution is 6.22. The zero-order valence-corrected chi connectivity index (χ0v) is 13.7. The van der Waals surface area contributed by atoms with Crippen molar-refractivity contribution in [2.24, 2.45) is 0 Å². The number of nitrogens with zero attached hydrogens (tertiary/aromatic N) is 3. The zero-order valence-electron chi connectivity index (χ0n) is 13.7. The van der Waals surface area contributed by atoms with Crippen LogP contribution in [0, 0.1) is 0 Å². The van der Waals surface area contributed by atoms with Gasteiger partial charge >= 0.3 is 0 Å². The summed E-state index contributed by atoms with van der Waals surface area (Å²) in [7, 11) is 1.70. The molecule has 1 aromatic rings. The quantitative estimate of drug-likeness (QED) is 0.715. The van der Waals surface area contributed by atoms with Crippen molar-refractivity contribution in [3.05, 3.63) is 35.4 Å². The van der Waals surface area contributed by atoms with Gasteiger partial charge in [0.2, 0.25) is 5.91 Å². The van der Waals surface area contributed by atoms with E-state index in [1.807, 2.05) is 0 Å². The fourth-order valence-electron chi connectivity index (χ4n) is 2.88. The van der Waals surface area contributed by atoms with Gasteiger partial charge in [-0.1, -0.05) is 12.1 Å². The molecule has 0 N–H and O–H groups in total. The predicted molar refractivity (Wildman–Crippen MR) is 86.7 cm³/mol. The summed E-state index contributed by atoms with van der Waals surface area (Å²) in [6, 6.07) is 6.65. The summed E-state index contributed by atoms with van der Waals surface area (Å²) in [5.74, 6) is -1.03. The van der Waals surface area contributed by atoms with Crippen LogP contribution in [-0.2, 0) is 9.53 Å². The Hall–Kier alpha value is -2.25. The molecule has 0 aromatic heterocycles. The van der Waals surface area contributed by atoms with Crippen LogP contribution in [0.3, 0.4) is 0 Å². The zero-order chi connectivity index (χ0) is 17.1. The van der Waals surface area contributed by atoms with E-state index in [0.717, 1.165) is 24.5 Å². The van der Waals surface area contributed by atoms with Gasteiger partial charge in [0.1, 0.15) is 6.54 Å². The number of ether oxygens (including phenoxy) is 1. The van der Waals surface area contributed by atoms with Gasteiger partial charge in [-0.3, -0.25) is 24.2 Å². The molecular weight excluding hydrogens is 310 g/mol. The number of likely N-dealkylation sites (N-methyl/N-ethyl adjacent to an activating group) is 1. The first kappa shape index (κ1) is 16.6. The first-order chi connectivity index (χ1) is 11.6. The molecule has 128 valence electrons. The topological polar surface area (TPSA) is 70.2 Å². The fourth-order valence-corrected chi connectivity index (χ4v) is 2.88. The van der Waals surface area contributed by atoms with E-state index in [2.05, 4.69) is 4.90 Å². The Bertz CT molecular complexity index is 620. The summed E-state index contributed by atoms with van der Waals surface area (Å²) in [4.78, 5) is 41.7. The van der Waals surface area contributed by atoms with Crippen LogP contribution in [0.1, 0.15) is 20.7 Å².